The molecule has 2 heterocycles. The van der Waals surface area contributed by atoms with Gasteiger partial charge >= 0.3 is 0 Å². The van der Waals surface area contributed by atoms with Gasteiger partial charge in [-0.3, -0.25) is 4.98 Å². The van der Waals surface area contributed by atoms with Crippen molar-refractivity contribution in [2.45, 2.75) is 30.7 Å². The van der Waals surface area contributed by atoms with E-state index in [1.54, 1.807) is 6.07 Å². The second-order valence-electron chi connectivity index (χ2n) is 4.32. The van der Waals surface area contributed by atoms with Gasteiger partial charge in [0.15, 0.2) is 0 Å². The van der Waals surface area contributed by atoms with Crippen LogP contribution in [-0.2, 0) is 10.0 Å². The zero-order chi connectivity index (χ0) is 13.3. The van der Waals surface area contributed by atoms with Crippen molar-refractivity contribution in [3.63, 3.8) is 0 Å². The number of aromatic nitrogens is 1. The summed E-state index contributed by atoms with van der Waals surface area (Å²) in [6.45, 7) is 2.44. The number of rotatable bonds is 3. The molecule has 1 atom stereocenters. The quantitative estimate of drug-likeness (QED) is 0.835. The summed E-state index contributed by atoms with van der Waals surface area (Å²) in [4.78, 5) is 4.07. The lowest BCUT2D eigenvalue weighted by Crippen LogP contribution is -2.35. The average Bonchev–Trinajstić information content (AvgIpc) is 2.76. The molecule has 1 aromatic heterocycles. The van der Waals surface area contributed by atoms with Crippen molar-refractivity contribution in [3.05, 3.63) is 24.0 Å². The molecule has 1 fully saturated rings. The summed E-state index contributed by atoms with van der Waals surface area (Å²) in [5.74, 6) is 0. The molecule has 0 radical (unpaired) electrons. The minimum atomic E-state index is -3.56. The zero-order valence-corrected chi connectivity index (χ0v) is 11.7. The molecule has 0 aromatic carbocycles. The fourth-order valence-electron chi connectivity index (χ4n) is 2.17. The van der Waals surface area contributed by atoms with Crippen LogP contribution in [0.25, 0.3) is 0 Å². The van der Waals surface area contributed by atoms with Crippen molar-refractivity contribution in [1.82, 2.24) is 9.29 Å². The Labute approximate surface area is 112 Å². The molecule has 5 nitrogen and oxygen atoms in total. The van der Waals surface area contributed by atoms with Gasteiger partial charge in [-0.15, -0.1) is 0 Å². The Kier molecular flexibility index (Phi) is 3.65. The van der Waals surface area contributed by atoms with Crippen LogP contribution in [0.5, 0.6) is 0 Å². The zero-order valence-electron chi connectivity index (χ0n) is 10.0. The summed E-state index contributed by atoms with van der Waals surface area (Å²) in [6, 6.07) is 3.09. The van der Waals surface area contributed by atoms with E-state index in [9.17, 15) is 8.42 Å². The average molecular weight is 285 g/mol. The SMILES string of the molecule is CC1CCCN1S(=O)(=O)c1cccnc1C(N)=S. The molecule has 0 spiro atoms. The molecule has 1 saturated heterocycles. The van der Waals surface area contributed by atoms with Gasteiger partial charge in [0, 0.05) is 18.8 Å². The molecule has 2 rings (SSSR count). The Morgan fingerprint density at radius 3 is 2.89 bits per heavy atom. The fourth-order valence-corrected chi connectivity index (χ4v) is 4.26. The fraction of sp³-hybridized carbons (Fsp3) is 0.455. The molecule has 0 aliphatic carbocycles. The lowest BCUT2D eigenvalue weighted by molar-refractivity contribution is 0.408. The number of sulfonamides is 1. The van der Waals surface area contributed by atoms with Gasteiger partial charge in [0.05, 0.1) is 0 Å². The number of hydrogen-bond acceptors (Lipinski definition) is 4. The van der Waals surface area contributed by atoms with Crippen molar-refractivity contribution in [1.29, 1.82) is 0 Å². The van der Waals surface area contributed by atoms with E-state index in [0.29, 0.717) is 6.54 Å². The summed E-state index contributed by atoms with van der Waals surface area (Å²) in [5.41, 5.74) is 5.70. The van der Waals surface area contributed by atoms with E-state index < -0.39 is 10.0 Å². The van der Waals surface area contributed by atoms with Crippen LogP contribution in [0.4, 0.5) is 0 Å². The van der Waals surface area contributed by atoms with Crippen LogP contribution in [0.2, 0.25) is 0 Å². The Morgan fingerprint density at radius 1 is 1.61 bits per heavy atom. The molecule has 0 saturated carbocycles. The molecule has 1 aliphatic heterocycles. The highest BCUT2D eigenvalue weighted by Gasteiger charge is 2.34. The summed E-state index contributed by atoms with van der Waals surface area (Å²) in [6.07, 6.45) is 3.24. The molecule has 7 heteroatoms. The van der Waals surface area contributed by atoms with Crippen molar-refractivity contribution in [2.24, 2.45) is 5.73 Å². The molecule has 0 amide bonds. The Balaban J connectivity index is 2.51. The number of thiocarbonyl (C=S) groups is 1. The van der Waals surface area contributed by atoms with E-state index >= 15 is 0 Å². The van der Waals surface area contributed by atoms with Gasteiger partial charge < -0.3 is 5.73 Å². The van der Waals surface area contributed by atoms with Gasteiger partial charge in [-0.05, 0) is 31.9 Å². The third-order valence-corrected chi connectivity index (χ3v) is 5.32. The van der Waals surface area contributed by atoms with Gasteiger partial charge in [0.2, 0.25) is 10.0 Å². The largest absolute Gasteiger partial charge is 0.388 e. The van der Waals surface area contributed by atoms with Crippen LogP contribution < -0.4 is 5.73 Å². The second-order valence-corrected chi connectivity index (χ2v) is 6.62. The standard InChI is InChI=1S/C11H15N3O2S2/c1-8-4-3-7-14(8)18(15,16)9-5-2-6-13-10(9)11(12)17/h2,5-6,8H,3-4,7H2,1H3,(H2,12,17). The Bertz CT molecular complexity index is 571. The van der Waals surface area contributed by atoms with Gasteiger partial charge in [-0.25, -0.2) is 8.42 Å². The topological polar surface area (TPSA) is 76.3 Å². The monoisotopic (exact) mass is 285 g/mol. The van der Waals surface area contributed by atoms with Gasteiger partial charge in [-0.1, -0.05) is 12.2 Å². The summed E-state index contributed by atoms with van der Waals surface area (Å²) in [7, 11) is -3.56. The van der Waals surface area contributed by atoms with Gasteiger partial charge in [0.25, 0.3) is 0 Å². The normalized spacial score (nSPS) is 21.1. The first kappa shape index (κ1) is 13.4. The van der Waals surface area contributed by atoms with Crippen LogP contribution in [0, 0.1) is 0 Å². The lowest BCUT2D eigenvalue weighted by atomic mass is 10.3. The van der Waals surface area contributed by atoms with Crippen molar-refractivity contribution < 1.29 is 8.42 Å². The number of nitrogens with zero attached hydrogens (tertiary/aromatic N) is 2. The van der Waals surface area contributed by atoms with Crippen molar-refractivity contribution >= 4 is 27.2 Å². The van der Waals surface area contributed by atoms with E-state index in [2.05, 4.69) is 4.98 Å². The molecular weight excluding hydrogens is 270 g/mol. The third-order valence-electron chi connectivity index (χ3n) is 3.08. The predicted molar refractivity (Wildman–Crippen MR) is 72.7 cm³/mol. The van der Waals surface area contributed by atoms with Crippen LogP contribution in [0.3, 0.4) is 0 Å². The molecular formula is C11H15N3O2S2. The Morgan fingerprint density at radius 2 is 2.33 bits per heavy atom. The minimum absolute atomic E-state index is 0.000949. The van der Waals surface area contributed by atoms with Crippen LogP contribution in [0.15, 0.2) is 23.2 Å². The first-order valence-corrected chi connectivity index (χ1v) is 7.56. The maximum absolute atomic E-state index is 12.5. The predicted octanol–water partition coefficient (Wildman–Crippen LogP) is 0.889. The Hall–Kier alpha value is -1.05. The smallest absolute Gasteiger partial charge is 0.245 e. The molecule has 1 aliphatic rings. The van der Waals surface area contributed by atoms with E-state index in [4.69, 9.17) is 18.0 Å². The van der Waals surface area contributed by atoms with E-state index in [-0.39, 0.29) is 21.6 Å². The molecule has 18 heavy (non-hydrogen) atoms. The van der Waals surface area contributed by atoms with E-state index in [1.165, 1.54) is 16.6 Å². The second kappa shape index (κ2) is 4.91. The maximum Gasteiger partial charge on any atom is 0.245 e. The van der Waals surface area contributed by atoms with E-state index in [1.807, 2.05) is 6.92 Å². The number of nitrogens with two attached hydrogens (primary N) is 1. The highest BCUT2D eigenvalue weighted by atomic mass is 32.2. The van der Waals surface area contributed by atoms with Crippen molar-refractivity contribution in [2.75, 3.05) is 6.54 Å². The summed E-state index contributed by atoms with van der Waals surface area (Å²) < 4.78 is 26.6. The highest BCUT2D eigenvalue weighted by molar-refractivity contribution is 7.89. The van der Waals surface area contributed by atoms with Gasteiger partial charge in [0.1, 0.15) is 15.6 Å². The minimum Gasteiger partial charge on any atom is -0.388 e. The number of pyridine rings is 1. The molecule has 1 unspecified atom stereocenters. The van der Waals surface area contributed by atoms with Crippen LogP contribution in [-0.4, -0.2) is 35.3 Å². The third kappa shape index (κ3) is 2.25. The van der Waals surface area contributed by atoms with Crippen molar-refractivity contribution in [3.8, 4) is 0 Å². The summed E-state index contributed by atoms with van der Waals surface area (Å²) in [5, 5.41) is 0. The highest BCUT2D eigenvalue weighted by Crippen LogP contribution is 2.26. The summed E-state index contributed by atoms with van der Waals surface area (Å²) >= 11 is 4.85. The molecule has 98 valence electrons. The molecule has 0 bridgehead atoms. The maximum atomic E-state index is 12.5. The first-order chi connectivity index (χ1) is 8.44. The van der Waals surface area contributed by atoms with E-state index in [0.717, 1.165) is 12.8 Å². The van der Waals surface area contributed by atoms with Crippen LogP contribution >= 0.6 is 12.2 Å². The molecule has 2 N–H and O–H groups in total. The first-order valence-electron chi connectivity index (χ1n) is 5.71. The van der Waals surface area contributed by atoms with Crippen LogP contribution in [0.1, 0.15) is 25.5 Å². The molecule has 1 aromatic rings. The lowest BCUT2D eigenvalue weighted by Gasteiger charge is -2.21. The number of hydrogen-bond donors (Lipinski definition) is 1. The van der Waals surface area contributed by atoms with Gasteiger partial charge in [-0.2, -0.15) is 4.31 Å².